The highest BCUT2D eigenvalue weighted by Crippen LogP contribution is 2.23. The van der Waals surface area contributed by atoms with Gasteiger partial charge in [-0.3, -0.25) is 4.79 Å². The summed E-state index contributed by atoms with van der Waals surface area (Å²) in [5.41, 5.74) is 5.90. The number of nitrogens with one attached hydrogen (secondary N) is 1. The molecule has 0 aromatic heterocycles. The van der Waals surface area contributed by atoms with Crippen LogP contribution in [0.4, 0.5) is 0 Å². The second-order valence-corrected chi connectivity index (χ2v) is 6.80. The van der Waals surface area contributed by atoms with Gasteiger partial charge >= 0.3 is 0 Å². The van der Waals surface area contributed by atoms with E-state index in [1.807, 2.05) is 45.0 Å². The van der Waals surface area contributed by atoms with Crippen LogP contribution in [0.5, 0.6) is 5.75 Å². The molecule has 0 saturated heterocycles. The summed E-state index contributed by atoms with van der Waals surface area (Å²) in [6.45, 7) is 12.3. The van der Waals surface area contributed by atoms with Gasteiger partial charge in [-0.15, -0.1) is 0 Å². The number of amides is 1. The second-order valence-electron chi connectivity index (χ2n) is 6.80. The third kappa shape index (κ3) is 4.62. The quantitative estimate of drug-likeness (QED) is 0.808. The minimum Gasteiger partial charge on any atom is -0.480 e. The lowest BCUT2D eigenvalue weighted by atomic mass is 9.96. The lowest BCUT2D eigenvalue weighted by Crippen LogP contribution is -2.39. The van der Waals surface area contributed by atoms with Gasteiger partial charge < -0.3 is 10.1 Å². The van der Waals surface area contributed by atoms with Gasteiger partial charge in [0.1, 0.15) is 5.75 Å². The summed E-state index contributed by atoms with van der Waals surface area (Å²) in [5.74, 6) is 0.690. The van der Waals surface area contributed by atoms with Crippen LogP contribution >= 0.6 is 0 Å². The number of para-hydroxylation sites is 1. The van der Waals surface area contributed by atoms with Crippen molar-refractivity contribution in [2.45, 2.75) is 60.1 Å². The van der Waals surface area contributed by atoms with Crippen molar-refractivity contribution < 1.29 is 9.53 Å². The molecule has 1 N–H and O–H groups in total. The molecule has 2 aromatic rings. The standard InChI is InChI=1S/C22H29NO2/c1-7-20(25-21-11-9-8-10-14(21)2)22(24)23-18(6)19-13-16(4)15(3)12-17(19)5/h8-13,18,20H,7H2,1-6H3,(H,23,24)/t18-,20-/m0/s1. The van der Waals surface area contributed by atoms with E-state index in [0.29, 0.717) is 6.42 Å². The van der Waals surface area contributed by atoms with Crippen LogP contribution in [0.1, 0.15) is 54.1 Å². The van der Waals surface area contributed by atoms with Crippen molar-refractivity contribution in [2.75, 3.05) is 0 Å². The molecule has 2 atom stereocenters. The molecule has 2 rings (SSSR count). The average molecular weight is 339 g/mol. The van der Waals surface area contributed by atoms with Gasteiger partial charge in [0.15, 0.2) is 6.10 Å². The van der Waals surface area contributed by atoms with Crippen LogP contribution in [0, 0.1) is 27.7 Å². The topological polar surface area (TPSA) is 38.3 Å². The lowest BCUT2D eigenvalue weighted by Gasteiger charge is -2.23. The maximum absolute atomic E-state index is 12.7. The summed E-state index contributed by atoms with van der Waals surface area (Å²) in [5, 5.41) is 3.11. The summed E-state index contributed by atoms with van der Waals surface area (Å²) in [6, 6.07) is 12.1. The van der Waals surface area contributed by atoms with Gasteiger partial charge in [0.2, 0.25) is 0 Å². The van der Waals surface area contributed by atoms with Crippen LogP contribution in [-0.2, 0) is 4.79 Å². The molecule has 1 amide bonds. The van der Waals surface area contributed by atoms with Crippen molar-refractivity contribution in [3.05, 3.63) is 64.2 Å². The molecule has 0 spiro atoms. The minimum atomic E-state index is -0.490. The van der Waals surface area contributed by atoms with Crippen LogP contribution < -0.4 is 10.1 Å². The number of carbonyl (C=O) groups is 1. The summed E-state index contributed by atoms with van der Waals surface area (Å²) >= 11 is 0. The van der Waals surface area contributed by atoms with E-state index < -0.39 is 6.10 Å². The zero-order valence-corrected chi connectivity index (χ0v) is 16.1. The van der Waals surface area contributed by atoms with E-state index in [9.17, 15) is 4.79 Å². The van der Waals surface area contributed by atoms with E-state index in [0.717, 1.165) is 16.9 Å². The fourth-order valence-electron chi connectivity index (χ4n) is 3.00. The van der Waals surface area contributed by atoms with Crippen LogP contribution in [0.3, 0.4) is 0 Å². The molecule has 0 unspecified atom stereocenters. The maximum atomic E-state index is 12.7. The molecule has 0 saturated carbocycles. The number of rotatable bonds is 6. The van der Waals surface area contributed by atoms with Crippen LogP contribution in [0.25, 0.3) is 0 Å². The van der Waals surface area contributed by atoms with Gasteiger partial charge in [0.25, 0.3) is 5.91 Å². The molecule has 0 aliphatic rings. The van der Waals surface area contributed by atoms with Gasteiger partial charge in [-0.2, -0.15) is 0 Å². The Morgan fingerprint density at radius 1 is 1.00 bits per heavy atom. The van der Waals surface area contributed by atoms with Gasteiger partial charge in [0.05, 0.1) is 6.04 Å². The van der Waals surface area contributed by atoms with E-state index >= 15 is 0 Å². The Labute approximate surface area is 151 Å². The van der Waals surface area contributed by atoms with Crippen molar-refractivity contribution in [3.63, 3.8) is 0 Å². The van der Waals surface area contributed by atoms with Gasteiger partial charge in [0, 0.05) is 0 Å². The number of carbonyl (C=O) groups excluding carboxylic acids is 1. The number of hydrogen-bond donors (Lipinski definition) is 1. The first-order valence-corrected chi connectivity index (χ1v) is 8.93. The molecule has 0 aliphatic carbocycles. The molecule has 0 heterocycles. The predicted octanol–water partition coefficient (Wildman–Crippen LogP) is 4.96. The highest BCUT2D eigenvalue weighted by molar-refractivity contribution is 5.81. The van der Waals surface area contributed by atoms with Crippen LogP contribution in [-0.4, -0.2) is 12.0 Å². The van der Waals surface area contributed by atoms with Crippen molar-refractivity contribution in [1.29, 1.82) is 0 Å². The molecule has 0 aliphatic heterocycles. The molecule has 2 aromatic carbocycles. The normalized spacial score (nSPS) is 13.2. The number of aryl methyl sites for hydroxylation is 4. The first-order chi connectivity index (χ1) is 11.8. The summed E-state index contributed by atoms with van der Waals surface area (Å²) < 4.78 is 5.95. The Bertz CT molecular complexity index is 752. The fourth-order valence-corrected chi connectivity index (χ4v) is 3.00. The third-order valence-electron chi connectivity index (χ3n) is 4.73. The molecule has 0 bridgehead atoms. The molecule has 0 radical (unpaired) electrons. The van der Waals surface area contributed by atoms with Gasteiger partial charge in [-0.05, 0) is 74.9 Å². The number of ether oxygens (including phenoxy) is 1. The molecular weight excluding hydrogens is 310 g/mol. The zero-order chi connectivity index (χ0) is 18.6. The molecular formula is C22H29NO2. The SMILES string of the molecule is CC[C@H](Oc1ccccc1C)C(=O)N[C@@H](C)c1cc(C)c(C)cc1C. The number of benzene rings is 2. The summed E-state index contributed by atoms with van der Waals surface area (Å²) in [6.07, 6.45) is 0.133. The van der Waals surface area contributed by atoms with Crippen LogP contribution in [0.2, 0.25) is 0 Å². The van der Waals surface area contributed by atoms with Gasteiger partial charge in [-0.1, -0.05) is 37.3 Å². The summed E-state index contributed by atoms with van der Waals surface area (Å²) in [4.78, 5) is 12.7. The smallest absolute Gasteiger partial charge is 0.261 e. The zero-order valence-electron chi connectivity index (χ0n) is 16.1. The van der Waals surface area contributed by atoms with E-state index in [4.69, 9.17) is 4.74 Å². The average Bonchev–Trinajstić information content (AvgIpc) is 2.57. The summed E-state index contributed by atoms with van der Waals surface area (Å²) in [7, 11) is 0. The molecule has 3 heteroatoms. The second kappa shape index (κ2) is 8.19. The Balaban J connectivity index is 2.11. The van der Waals surface area contributed by atoms with Crippen molar-refractivity contribution in [2.24, 2.45) is 0 Å². The van der Waals surface area contributed by atoms with Gasteiger partial charge in [-0.25, -0.2) is 0 Å². The lowest BCUT2D eigenvalue weighted by molar-refractivity contribution is -0.128. The largest absolute Gasteiger partial charge is 0.480 e. The Kier molecular flexibility index (Phi) is 6.24. The third-order valence-corrected chi connectivity index (χ3v) is 4.73. The predicted molar refractivity (Wildman–Crippen MR) is 103 cm³/mol. The number of hydrogen-bond acceptors (Lipinski definition) is 2. The fraction of sp³-hybridized carbons (Fsp3) is 0.409. The monoisotopic (exact) mass is 339 g/mol. The molecule has 0 fully saturated rings. The first-order valence-electron chi connectivity index (χ1n) is 8.93. The maximum Gasteiger partial charge on any atom is 0.261 e. The van der Waals surface area contributed by atoms with Crippen molar-refractivity contribution in [3.8, 4) is 5.75 Å². The first kappa shape index (κ1) is 19.0. The Morgan fingerprint density at radius 2 is 1.64 bits per heavy atom. The Morgan fingerprint density at radius 3 is 2.28 bits per heavy atom. The highest BCUT2D eigenvalue weighted by atomic mass is 16.5. The van der Waals surface area contributed by atoms with E-state index in [-0.39, 0.29) is 11.9 Å². The van der Waals surface area contributed by atoms with Crippen molar-refractivity contribution in [1.82, 2.24) is 5.32 Å². The van der Waals surface area contributed by atoms with E-state index in [1.165, 1.54) is 16.7 Å². The van der Waals surface area contributed by atoms with E-state index in [2.05, 4.69) is 38.2 Å². The van der Waals surface area contributed by atoms with Crippen LogP contribution in [0.15, 0.2) is 36.4 Å². The highest BCUT2D eigenvalue weighted by Gasteiger charge is 2.22. The molecule has 25 heavy (non-hydrogen) atoms. The Hall–Kier alpha value is -2.29. The minimum absolute atomic E-state index is 0.0543. The van der Waals surface area contributed by atoms with E-state index in [1.54, 1.807) is 0 Å². The molecule has 3 nitrogen and oxygen atoms in total. The molecule has 134 valence electrons. The van der Waals surface area contributed by atoms with Crippen molar-refractivity contribution >= 4 is 5.91 Å².